The van der Waals surface area contributed by atoms with Crippen LogP contribution in [0, 0.1) is 10.1 Å². The van der Waals surface area contributed by atoms with Gasteiger partial charge in [-0.3, -0.25) is 10.1 Å². The molecule has 0 aliphatic carbocycles. The predicted octanol–water partition coefficient (Wildman–Crippen LogP) is 4.66. The van der Waals surface area contributed by atoms with Gasteiger partial charge in [-0.2, -0.15) is 4.39 Å². The maximum atomic E-state index is 13.7. The van der Waals surface area contributed by atoms with E-state index in [1.807, 2.05) is 30.3 Å². The van der Waals surface area contributed by atoms with Gasteiger partial charge >= 0.3 is 0 Å². The van der Waals surface area contributed by atoms with Crippen LogP contribution in [0.4, 0.5) is 10.1 Å². The van der Waals surface area contributed by atoms with Crippen molar-refractivity contribution in [3.63, 3.8) is 0 Å². The van der Waals surface area contributed by atoms with Crippen LogP contribution in [-0.4, -0.2) is 4.92 Å². The van der Waals surface area contributed by atoms with E-state index < -0.39 is 4.92 Å². The van der Waals surface area contributed by atoms with Gasteiger partial charge < -0.3 is 0 Å². The minimum absolute atomic E-state index is 0.00623. The zero-order valence-corrected chi connectivity index (χ0v) is 10.6. The molecule has 0 aromatic heterocycles. The second-order valence-electron chi connectivity index (χ2n) is 3.71. The van der Waals surface area contributed by atoms with Crippen molar-refractivity contribution < 1.29 is 9.31 Å². The minimum atomic E-state index is -0.484. The molecule has 0 saturated heterocycles. The number of nitro benzene ring substituents is 1. The zero-order chi connectivity index (χ0) is 13.7. The average Bonchev–Trinajstić information content (AvgIpc) is 2.40. The molecule has 0 unspecified atom stereocenters. The Morgan fingerprint density at radius 2 is 1.74 bits per heavy atom. The van der Waals surface area contributed by atoms with Gasteiger partial charge in [-0.05, 0) is 35.9 Å². The summed E-state index contributed by atoms with van der Waals surface area (Å²) in [6.45, 7) is 0. The fourth-order valence-corrected chi connectivity index (χ4v) is 2.17. The van der Waals surface area contributed by atoms with Gasteiger partial charge in [0.15, 0.2) is 5.16 Å². The highest BCUT2D eigenvalue weighted by atomic mass is 32.2. The van der Waals surface area contributed by atoms with Gasteiger partial charge in [0.2, 0.25) is 0 Å². The molecular weight excluding hydrogens is 265 g/mol. The lowest BCUT2D eigenvalue weighted by Crippen LogP contribution is -1.86. The number of non-ortho nitro benzene ring substituents is 1. The van der Waals surface area contributed by atoms with Crippen molar-refractivity contribution >= 4 is 23.5 Å². The third-order valence-electron chi connectivity index (χ3n) is 2.34. The fraction of sp³-hybridized carbons (Fsp3) is 0. The fourth-order valence-electron chi connectivity index (χ4n) is 1.45. The Kier molecular flexibility index (Phi) is 4.30. The second-order valence-corrected chi connectivity index (χ2v) is 4.78. The van der Waals surface area contributed by atoms with Crippen LogP contribution in [0.5, 0.6) is 0 Å². The van der Waals surface area contributed by atoms with Crippen LogP contribution in [-0.2, 0) is 0 Å². The quantitative estimate of drug-likeness (QED) is 0.463. The van der Waals surface area contributed by atoms with Crippen molar-refractivity contribution in [2.45, 2.75) is 4.90 Å². The lowest BCUT2D eigenvalue weighted by Gasteiger charge is -1.98. The SMILES string of the molecule is O=[N+]([O-])c1ccc(/C=C(/F)Sc2ccccc2)cc1. The molecule has 2 aromatic carbocycles. The number of nitro groups is 1. The molecule has 0 bridgehead atoms. The Balaban J connectivity index is 2.10. The van der Waals surface area contributed by atoms with Crippen LogP contribution in [0.2, 0.25) is 0 Å². The molecule has 0 N–H and O–H groups in total. The van der Waals surface area contributed by atoms with Gasteiger partial charge in [0.1, 0.15) is 0 Å². The van der Waals surface area contributed by atoms with Crippen molar-refractivity contribution in [2.75, 3.05) is 0 Å². The summed E-state index contributed by atoms with van der Waals surface area (Å²) in [5.41, 5.74) is 0.583. The van der Waals surface area contributed by atoms with Crippen molar-refractivity contribution in [2.24, 2.45) is 0 Å². The monoisotopic (exact) mass is 275 g/mol. The predicted molar refractivity (Wildman–Crippen MR) is 74.5 cm³/mol. The normalized spacial score (nSPS) is 11.3. The van der Waals surface area contributed by atoms with Gasteiger partial charge in [0.25, 0.3) is 5.69 Å². The lowest BCUT2D eigenvalue weighted by atomic mass is 10.2. The Morgan fingerprint density at radius 1 is 1.11 bits per heavy atom. The maximum absolute atomic E-state index is 13.7. The molecule has 96 valence electrons. The Labute approximate surface area is 113 Å². The lowest BCUT2D eigenvalue weighted by molar-refractivity contribution is -0.384. The highest BCUT2D eigenvalue weighted by molar-refractivity contribution is 8.03. The van der Waals surface area contributed by atoms with E-state index in [1.54, 1.807) is 0 Å². The number of hydrogen-bond donors (Lipinski definition) is 0. The number of nitrogens with zero attached hydrogens (tertiary/aromatic N) is 1. The van der Waals surface area contributed by atoms with E-state index in [0.29, 0.717) is 5.56 Å². The first-order chi connectivity index (χ1) is 9.15. The zero-order valence-electron chi connectivity index (χ0n) is 9.82. The van der Waals surface area contributed by atoms with Crippen LogP contribution in [0.25, 0.3) is 6.08 Å². The number of rotatable bonds is 4. The first-order valence-electron chi connectivity index (χ1n) is 5.50. The van der Waals surface area contributed by atoms with E-state index in [9.17, 15) is 14.5 Å². The van der Waals surface area contributed by atoms with E-state index in [-0.39, 0.29) is 10.8 Å². The molecule has 5 heteroatoms. The van der Waals surface area contributed by atoms with Crippen molar-refractivity contribution in [1.29, 1.82) is 0 Å². The summed E-state index contributed by atoms with van der Waals surface area (Å²) < 4.78 is 13.7. The maximum Gasteiger partial charge on any atom is 0.269 e. The molecule has 0 fully saturated rings. The molecule has 0 saturated carbocycles. The number of halogens is 1. The summed E-state index contributed by atoms with van der Waals surface area (Å²) in [5.74, 6) is 0. The van der Waals surface area contributed by atoms with E-state index in [0.717, 1.165) is 16.7 Å². The Hall–Kier alpha value is -2.14. The highest BCUT2D eigenvalue weighted by Crippen LogP contribution is 2.29. The number of thioether (sulfide) groups is 1. The molecule has 2 rings (SSSR count). The molecular formula is C14H10FNO2S. The van der Waals surface area contributed by atoms with Crippen molar-refractivity contribution in [3.8, 4) is 0 Å². The number of benzene rings is 2. The molecule has 0 aliphatic heterocycles. The van der Waals surface area contributed by atoms with Crippen LogP contribution in [0.15, 0.2) is 64.7 Å². The van der Waals surface area contributed by atoms with Gasteiger partial charge in [0, 0.05) is 17.0 Å². The average molecular weight is 275 g/mol. The van der Waals surface area contributed by atoms with Gasteiger partial charge in [-0.25, -0.2) is 0 Å². The van der Waals surface area contributed by atoms with Crippen LogP contribution in [0.1, 0.15) is 5.56 Å². The van der Waals surface area contributed by atoms with E-state index in [1.165, 1.54) is 30.3 Å². The van der Waals surface area contributed by atoms with Gasteiger partial charge in [-0.15, -0.1) is 0 Å². The van der Waals surface area contributed by atoms with Crippen molar-refractivity contribution in [1.82, 2.24) is 0 Å². The van der Waals surface area contributed by atoms with E-state index in [2.05, 4.69) is 0 Å². The summed E-state index contributed by atoms with van der Waals surface area (Å²) in [4.78, 5) is 10.8. The van der Waals surface area contributed by atoms with E-state index >= 15 is 0 Å². The molecule has 0 aliphatic rings. The first-order valence-corrected chi connectivity index (χ1v) is 6.31. The highest BCUT2D eigenvalue weighted by Gasteiger charge is 2.04. The summed E-state index contributed by atoms with van der Waals surface area (Å²) in [6.07, 6.45) is 1.35. The molecule has 0 spiro atoms. The largest absolute Gasteiger partial charge is 0.269 e. The molecule has 0 atom stereocenters. The first kappa shape index (κ1) is 13.3. The van der Waals surface area contributed by atoms with Crippen LogP contribution < -0.4 is 0 Å². The molecule has 0 radical (unpaired) electrons. The summed E-state index contributed by atoms with van der Waals surface area (Å²) >= 11 is 1.01. The summed E-state index contributed by atoms with van der Waals surface area (Å²) in [5, 5.41) is 10.1. The smallest absolute Gasteiger partial charge is 0.258 e. The Bertz CT molecular complexity index is 597. The Morgan fingerprint density at radius 3 is 2.32 bits per heavy atom. The van der Waals surface area contributed by atoms with Gasteiger partial charge in [0.05, 0.1) is 4.92 Å². The summed E-state index contributed by atoms with van der Waals surface area (Å²) in [6, 6.07) is 14.9. The second kappa shape index (κ2) is 6.15. The van der Waals surface area contributed by atoms with Crippen LogP contribution in [0.3, 0.4) is 0 Å². The van der Waals surface area contributed by atoms with Gasteiger partial charge in [-0.1, -0.05) is 30.0 Å². The number of hydrogen-bond acceptors (Lipinski definition) is 3. The van der Waals surface area contributed by atoms with Crippen LogP contribution >= 0.6 is 11.8 Å². The topological polar surface area (TPSA) is 43.1 Å². The molecule has 3 nitrogen and oxygen atoms in total. The molecule has 19 heavy (non-hydrogen) atoms. The minimum Gasteiger partial charge on any atom is -0.258 e. The van der Waals surface area contributed by atoms with E-state index in [4.69, 9.17) is 0 Å². The third-order valence-corrected chi connectivity index (χ3v) is 3.16. The molecule has 2 aromatic rings. The molecule has 0 heterocycles. The standard InChI is InChI=1S/C14H10FNO2S/c15-14(19-13-4-2-1-3-5-13)10-11-6-8-12(9-7-11)16(17)18/h1-10H/b14-10-. The summed E-state index contributed by atoms with van der Waals surface area (Å²) in [7, 11) is 0. The van der Waals surface area contributed by atoms with Crippen molar-refractivity contribution in [3.05, 3.63) is 75.4 Å². The third kappa shape index (κ3) is 3.93. The molecule has 0 amide bonds.